The highest BCUT2D eigenvalue weighted by atomic mass is 16.3. The van der Waals surface area contributed by atoms with Crippen LogP contribution in [0.4, 0.5) is 0 Å². The summed E-state index contributed by atoms with van der Waals surface area (Å²) < 4.78 is 0. The minimum atomic E-state index is -0.338. The summed E-state index contributed by atoms with van der Waals surface area (Å²) in [7, 11) is 0. The minimum absolute atomic E-state index is 0.102. The molecule has 0 radical (unpaired) electrons. The fourth-order valence-electron chi connectivity index (χ4n) is 1.24. The first-order chi connectivity index (χ1) is 7.65. The van der Waals surface area contributed by atoms with E-state index in [1.165, 1.54) is 0 Å². The molecule has 0 aliphatic rings. The molecule has 0 fully saturated rings. The highest BCUT2D eigenvalue weighted by Gasteiger charge is 2.09. The fraction of sp³-hybridized carbons (Fsp3) is 0.333. The third kappa shape index (κ3) is 3.38. The van der Waals surface area contributed by atoms with Gasteiger partial charge >= 0.3 is 0 Å². The molecular formula is C12H16N2O2. The van der Waals surface area contributed by atoms with Gasteiger partial charge < -0.3 is 5.11 Å². The van der Waals surface area contributed by atoms with Crippen LogP contribution in [0, 0.1) is 6.92 Å². The number of allylic oxidation sites excluding steroid dienone is 1. The van der Waals surface area contributed by atoms with Crippen LogP contribution in [-0.2, 0) is 0 Å². The van der Waals surface area contributed by atoms with Gasteiger partial charge in [-0.3, -0.25) is 15.1 Å². The molecule has 1 rings (SSSR count). The second-order valence-electron chi connectivity index (χ2n) is 3.47. The second-order valence-corrected chi connectivity index (χ2v) is 3.47. The van der Waals surface area contributed by atoms with E-state index in [-0.39, 0.29) is 11.8 Å². The molecule has 0 saturated heterocycles. The van der Waals surface area contributed by atoms with Crippen molar-refractivity contribution in [3.63, 3.8) is 0 Å². The predicted molar refractivity (Wildman–Crippen MR) is 62.1 cm³/mol. The lowest BCUT2D eigenvalue weighted by molar-refractivity contribution is 0.0945. The van der Waals surface area contributed by atoms with Crippen molar-refractivity contribution >= 4 is 5.91 Å². The summed E-state index contributed by atoms with van der Waals surface area (Å²) in [6, 6.07) is 3.36. The maximum absolute atomic E-state index is 11.7. The summed E-state index contributed by atoms with van der Waals surface area (Å²) in [5.41, 5.74) is 1.11. The number of carbonyl (C=O) groups excluding carboxylic acids is 1. The van der Waals surface area contributed by atoms with Crippen LogP contribution < -0.4 is 5.32 Å². The van der Waals surface area contributed by atoms with E-state index in [2.05, 4.69) is 10.3 Å². The molecule has 0 spiro atoms. The molecule has 0 unspecified atom stereocenters. The molecule has 1 amide bonds. The van der Waals surface area contributed by atoms with E-state index in [4.69, 9.17) is 0 Å². The maximum Gasteiger partial charge on any atom is 0.259 e. The van der Waals surface area contributed by atoms with E-state index in [9.17, 15) is 9.90 Å². The normalized spacial score (nSPS) is 11.2. The first-order valence-corrected chi connectivity index (χ1v) is 5.27. The van der Waals surface area contributed by atoms with Gasteiger partial charge in [-0.2, -0.15) is 0 Å². The predicted octanol–water partition coefficient (Wildman–Crippen LogP) is 2.32. The number of aliphatic hydroxyl groups excluding tert-OH is 1. The maximum atomic E-state index is 11.7. The summed E-state index contributed by atoms with van der Waals surface area (Å²) in [5.74, 6) is -0.439. The van der Waals surface area contributed by atoms with Crippen molar-refractivity contribution in [3.8, 4) is 0 Å². The molecule has 0 atom stereocenters. The number of pyridine rings is 1. The molecule has 0 saturated carbocycles. The first kappa shape index (κ1) is 12.2. The van der Waals surface area contributed by atoms with Crippen molar-refractivity contribution in [1.29, 1.82) is 0 Å². The molecule has 16 heavy (non-hydrogen) atoms. The van der Waals surface area contributed by atoms with Gasteiger partial charge in [0, 0.05) is 11.9 Å². The molecular weight excluding hydrogens is 204 g/mol. The topological polar surface area (TPSA) is 62.2 Å². The summed E-state index contributed by atoms with van der Waals surface area (Å²) in [4.78, 5) is 15.7. The zero-order valence-corrected chi connectivity index (χ0v) is 9.53. The number of carbonyl (C=O) groups is 1. The van der Waals surface area contributed by atoms with Gasteiger partial charge in [-0.1, -0.05) is 13.3 Å². The van der Waals surface area contributed by atoms with Crippen LogP contribution >= 0.6 is 0 Å². The fourth-order valence-corrected chi connectivity index (χ4v) is 1.24. The summed E-state index contributed by atoms with van der Waals surface area (Å²) in [6.45, 7) is 3.75. The van der Waals surface area contributed by atoms with Crippen molar-refractivity contribution in [3.05, 3.63) is 41.5 Å². The number of rotatable bonds is 4. The van der Waals surface area contributed by atoms with E-state index in [0.717, 1.165) is 12.8 Å². The molecule has 0 aliphatic heterocycles. The first-order valence-electron chi connectivity index (χ1n) is 5.27. The van der Waals surface area contributed by atoms with Crippen molar-refractivity contribution in [1.82, 2.24) is 10.3 Å². The Kier molecular flexibility index (Phi) is 4.51. The van der Waals surface area contributed by atoms with E-state index >= 15 is 0 Å². The van der Waals surface area contributed by atoms with Crippen LogP contribution in [0.3, 0.4) is 0 Å². The van der Waals surface area contributed by atoms with Crippen LogP contribution in [0.15, 0.2) is 30.3 Å². The van der Waals surface area contributed by atoms with Crippen LogP contribution in [-0.4, -0.2) is 16.0 Å². The summed E-state index contributed by atoms with van der Waals surface area (Å²) in [5, 5.41) is 11.8. The lowest BCUT2D eigenvalue weighted by Crippen LogP contribution is -2.23. The Morgan fingerprint density at radius 2 is 2.38 bits per heavy atom. The third-order valence-corrected chi connectivity index (χ3v) is 2.12. The number of amides is 1. The Balaban J connectivity index is 2.70. The van der Waals surface area contributed by atoms with E-state index in [1.807, 2.05) is 6.92 Å². The molecule has 0 bridgehead atoms. The largest absolute Gasteiger partial charge is 0.495 e. The Morgan fingerprint density at radius 1 is 1.62 bits per heavy atom. The average Bonchev–Trinajstić information content (AvgIpc) is 2.26. The van der Waals surface area contributed by atoms with Crippen LogP contribution in [0.25, 0.3) is 0 Å². The zero-order valence-electron chi connectivity index (χ0n) is 9.53. The van der Waals surface area contributed by atoms with Crippen molar-refractivity contribution in [2.24, 2.45) is 0 Å². The molecule has 2 N–H and O–H groups in total. The minimum Gasteiger partial charge on any atom is -0.495 e. The monoisotopic (exact) mass is 220 g/mol. The zero-order chi connectivity index (χ0) is 12.0. The van der Waals surface area contributed by atoms with E-state index in [1.54, 1.807) is 31.3 Å². The number of hydrogen-bond acceptors (Lipinski definition) is 3. The molecule has 0 aliphatic carbocycles. The Hall–Kier alpha value is -1.84. The van der Waals surface area contributed by atoms with Crippen molar-refractivity contribution in [2.45, 2.75) is 26.7 Å². The van der Waals surface area contributed by atoms with Crippen LogP contribution in [0.2, 0.25) is 0 Å². The van der Waals surface area contributed by atoms with Gasteiger partial charge in [-0.25, -0.2) is 0 Å². The molecule has 4 nitrogen and oxygen atoms in total. The lowest BCUT2D eigenvalue weighted by atomic mass is 10.2. The standard InChI is InChI=1S/C12H16N2O2/c1-3-4-7-11(15)14-12(16)10-6-5-8-13-9(10)2/h5-8,15H,3-4H2,1-2H3,(H,14,16)/b11-7-. The number of unbranched alkanes of at least 4 members (excludes halogenated alkanes) is 1. The Bertz CT molecular complexity index is 400. The number of hydrogen-bond donors (Lipinski definition) is 2. The Morgan fingerprint density at radius 3 is 3.00 bits per heavy atom. The van der Waals surface area contributed by atoms with Crippen LogP contribution in [0.5, 0.6) is 0 Å². The third-order valence-electron chi connectivity index (χ3n) is 2.12. The highest BCUT2D eigenvalue weighted by molar-refractivity contribution is 5.95. The molecule has 0 aromatic carbocycles. The Labute approximate surface area is 95.0 Å². The molecule has 1 heterocycles. The lowest BCUT2D eigenvalue weighted by Gasteiger charge is -2.05. The van der Waals surface area contributed by atoms with E-state index < -0.39 is 0 Å². The molecule has 1 aromatic heterocycles. The van der Waals surface area contributed by atoms with Gasteiger partial charge in [0.25, 0.3) is 5.91 Å². The van der Waals surface area contributed by atoms with Gasteiger partial charge in [0.15, 0.2) is 5.88 Å². The summed E-state index contributed by atoms with van der Waals surface area (Å²) in [6.07, 6.45) is 4.87. The van der Waals surface area contributed by atoms with Gasteiger partial charge in [-0.15, -0.1) is 0 Å². The second kappa shape index (κ2) is 5.90. The van der Waals surface area contributed by atoms with Gasteiger partial charge in [0.2, 0.25) is 0 Å². The van der Waals surface area contributed by atoms with E-state index in [0.29, 0.717) is 11.3 Å². The van der Waals surface area contributed by atoms with Crippen molar-refractivity contribution in [2.75, 3.05) is 0 Å². The summed E-state index contributed by atoms with van der Waals surface area (Å²) >= 11 is 0. The van der Waals surface area contributed by atoms with Crippen LogP contribution in [0.1, 0.15) is 35.8 Å². The number of aliphatic hydroxyl groups is 1. The SMILES string of the molecule is CCC/C=C(\O)NC(=O)c1cccnc1C. The van der Waals surface area contributed by atoms with Gasteiger partial charge in [-0.05, 0) is 31.6 Å². The quantitative estimate of drug-likeness (QED) is 0.765. The number of nitrogens with one attached hydrogen (secondary N) is 1. The highest BCUT2D eigenvalue weighted by Crippen LogP contribution is 2.04. The average molecular weight is 220 g/mol. The number of nitrogens with zero attached hydrogens (tertiary/aromatic N) is 1. The number of aryl methyl sites for hydroxylation is 1. The molecule has 86 valence electrons. The number of aromatic nitrogens is 1. The smallest absolute Gasteiger partial charge is 0.259 e. The van der Waals surface area contributed by atoms with Gasteiger partial charge in [0.1, 0.15) is 0 Å². The molecule has 1 aromatic rings. The van der Waals surface area contributed by atoms with Gasteiger partial charge in [0.05, 0.1) is 5.56 Å². The molecule has 4 heteroatoms. The van der Waals surface area contributed by atoms with Crippen molar-refractivity contribution < 1.29 is 9.90 Å².